The number of carbonyl (C=O) groups excluding carboxylic acids is 3. The van der Waals surface area contributed by atoms with Crippen molar-refractivity contribution in [3.8, 4) is 5.75 Å². The average molecular weight is 348 g/mol. The number of esters is 2. The summed E-state index contributed by atoms with van der Waals surface area (Å²) in [7, 11) is 1.52. The van der Waals surface area contributed by atoms with E-state index in [1.807, 2.05) is 0 Å². The molecule has 1 aromatic carbocycles. The summed E-state index contributed by atoms with van der Waals surface area (Å²) in [6, 6.07) is 6.64. The van der Waals surface area contributed by atoms with Gasteiger partial charge in [-0.1, -0.05) is 12.1 Å². The van der Waals surface area contributed by atoms with Gasteiger partial charge in [-0.3, -0.25) is 4.79 Å². The summed E-state index contributed by atoms with van der Waals surface area (Å²) >= 11 is 0. The summed E-state index contributed by atoms with van der Waals surface area (Å²) in [5, 5.41) is 0. The van der Waals surface area contributed by atoms with E-state index in [4.69, 9.17) is 18.9 Å². The Bertz CT molecular complexity index is 657. The second-order valence-corrected chi connectivity index (χ2v) is 5.24. The Labute approximate surface area is 145 Å². The van der Waals surface area contributed by atoms with Crippen molar-refractivity contribution >= 4 is 18.2 Å². The van der Waals surface area contributed by atoms with Crippen LogP contribution in [0.15, 0.2) is 36.1 Å². The van der Waals surface area contributed by atoms with Gasteiger partial charge in [-0.15, -0.1) is 0 Å². The summed E-state index contributed by atoms with van der Waals surface area (Å²) in [6.07, 6.45) is 1.66. The number of hydrogen-bond donors (Lipinski definition) is 0. The van der Waals surface area contributed by atoms with E-state index in [0.29, 0.717) is 17.6 Å². The first kappa shape index (κ1) is 18.5. The van der Waals surface area contributed by atoms with E-state index in [0.717, 1.165) is 6.26 Å². The quantitative estimate of drug-likeness (QED) is 0.421. The van der Waals surface area contributed by atoms with Gasteiger partial charge < -0.3 is 18.9 Å². The molecule has 0 aliphatic carbocycles. The maximum Gasteiger partial charge on any atom is 0.363 e. The van der Waals surface area contributed by atoms with Crippen LogP contribution < -0.4 is 4.74 Å². The summed E-state index contributed by atoms with van der Waals surface area (Å²) in [4.78, 5) is 36.7. The van der Waals surface area contributed by atoms with Gasteiger partial charge in [0.25, 0.3) is 0 Å². The van der Waals surface area contributed by atoms with Crippen molar-refractivity contribution in [3.05, 3.63) is 41.7 Å². The van der Waals surface area contributed by atoms with Crippen LogP contribution in [-0.4, -0.2) is 44.1 Å². The number of hydrogen-bond acceptors (Lipinski definition) is 7. The molecule has 0 fully saturated rings. The van der Waals surface area contributed by atoms with Crippen molar-refractivity contribution in [2.24, 2.45) is 0 Å². The topological polar surface area (TPSA) is 88.1 Å². The van der Waals surface area contributed by atoms with Crippen LogP contribution in [0.2, 0.25) is 0 Å². The van der Waals surface area contributed by atoms with Gasteiger partial charge in [-0.2, -0.15) is 0 Å². The highest BCUT2D eigenvalue weighted by Gasteiger charge is 2.62. The SMILES string of the molecule is CCOC(=O)C1(C(=O)OCC)OC=C(C=O)C1c1ccc(OC)cc1. The minimum atomic E-state index is -2.09. The van der Waals surface area contributed by atoms with Crippen molar-refractivity contribution < 1.29 is 33.3 Å². The van der Waals surface area contributed by atoms with Crippen molar-refractivity contribution in [2.75, 3.05) is 20.3 Å². The molecule has 1 atom stereocenters. The van der Waals surface area contributed by atoms with Crippen LogP contribution >= 0.6 is 0 Å². The zero-order chi connectivity index (χ0) is 18.4. The van der Waals surface area contributed by atoms with Gasteiger partial charge in [0.1, 0.15) is 12.0 Å². The molecule has 1 aromatic rings. The van der Waals surface area contributed by atoms with E-state index >= 15 is 0 Å². The number of benzene rings is 1. The molecule has 134 valence electrons. The van der Waals surface area contributed by atoms with Gasteiger partial charge >= 0.3 is 17.5 Å². The molecule has 0 bridgehead atoms. The largest absolute Gasteiger partial charge is 0.497 e. The lowest BCUT2D eigenvalue weighted by molar-refractivity contribution is -0.183. The van der Waals surface area contributed by atoms with Gasteiger partial charge in [-0.05, 0) is 31.5 Å². The molecule has 0 radical (unpaired) electrons. The van der Waals surface area contributed by atoms with Gasteiger partial charge in [0.15, 0.2) is 0 Å². The highest BCUT2D eigenvalue weighted by molar-refractivity contribution is 6.07. The number of ether oxygens (including phenoxy) is 4. The Morgan fingerprint density at radius 2 is 1.68 bits per heavy atom. The normalized spacial score (nSPS) is 17.9. The number of carbonyl (C=O) groups is 3. The molecule has 0 saturated carbocycles. The molecule has 1 unspecified atom stereocenters. The Morgan fingerprint density at radius 3 is 2.12 bits per heavy atom. The minimum Gasteiger partial charge on any atom is -0.497 e. The zero-order valence-electron chi connectivity index (χ0n) is 14.3. The van der Waals surface area contributed by atoms with Crippen LogP contribution in [0.3, 0.4) is 0 Å². The van der Waals surface area contributed by atoms with Crippen LogP contribution in [0.4, 0.5) is 0 Å². The Morgan fingerprint density at radius 1 is 1.12 bits per heavy atom. The van der Waals surface area contributed by atoms with Crippen LogP contribution in [0.1, 0.15) is 25.3 Å². The first-order valence-corrected chi connectivity index (χ1v) is 7.86. The third-order valence-electron chi connectivity index (χ3n) is 3.86. The van der Waals surface area contributed by atoms with Crippen LogP contribution in [0.5, 0.6) is 5.75 Å². The molecule has 2 rings (SSSR count). The Balaban J connectivity index is 2.56. The Hall–Kier alpha value is -2.83. The molecule has 1 heterocycles. The van der Waals surface area contributed by atoms with Crippen LogP contribution in [0, 0.1) is 0 Å². The maximum atomic E-state index is 12.6. The van der Waals surface area contributed by atoms with E-state index in [2.05, 4.69) is 0 Å². The van der Waals surface area contributed by atoms with E-state index < -0.39 is 23.5 Å². The molecular formula is C18H20O7. The molecule has 7 nitrogen and oxygen atoms in total. The van der Waals surface area contributed by atoms with Crippen LogP contribution in [0.25, 0.3) is 0 Å². The molecule has 0 saturated heterocycles. The first-order chi connectivity index (χ1) is 12.0. The van der Waals surface area contributed by atoms with E-state index in [-0.39, 0.29) is 18.8 Å². The van der Waals surface area contributed by atoms with E-state index in [1.165, 1.54) is 7.11 Å². The molecule has 1 aliphatic rings. The van der Waals surface area contributed by atoms with Gasteiger partial charge in [0.05, 0.1) is 32.5 Å². The highest BCUT2D eigenvalue weighted by Crippen LogP contribution is 2.44. The fourth-order valence-corrected chi connectivity index (χ4v) is 2.74. The molecule has 25 heavy (non-hydrogen) atoms. The van der Waals surface area contributed by atoms with Gasteiger partial charge in [0, 0.05) is 5.57 Å². The molecule has 0 N–H and O–H groups in total. The average Bonchev–Trinajstić information content (AvgIpc) is 3.03. The minimum absolute atomic E-state index is 0.0507. The van der Waals surface area contributed by atoms with Crippen LogP contribution in [-0.2, 0) is 28.6 Å². The van der Waals surface area contributed by atoms with Crippen molar-refractivity contribution in [3.63, 3.8) is 0 Å². The highest BCUT2D eigenvalue weighted by atomic mass is 16.6. The lowest BCUT2D eigenvalue weighted by Gasteiger charge is -2.30. The first-order valence-electron chi connectivity index (χ1n) is 7.86. The number of rotatable bonds is 7. The Kier molecular flexibility index (Phi) is 5.80. The summed E-state index contributed by atoms with van der Waals surface area (Å²) < 4.78 is 20.6. The zero-order valence-corrected chi connectivity index (χ0v) is 14.3. The third kappa shape index (κ3) is 3.22. The van der Waals surface area contributed by atoms with Gasteiger partial charge in [-0.25, -0.2) is 9.59 Å². The van der Waals surface area contributed by atoms with E-state index in [9.17, 15) is 14.4 Å². The van der Waals surface area contributed by atoms with Gasteiger partial charge in [0.2, 0.25) is 0 Å². The fraction of sp³-hybridized carbons (Fsp3) is 0.389. The molecule has 0 spiro atoms. The molecule has 7 heteroatoms. The third-order valence-corrected chi connectivity index (χ3v) is 3.86. The second kappa shape index (κ2) is 7.83. The predicted octanol–water partition coefficient (Wildman–Crippen LogP) is 1.76. The second-order valence-electron chi connectivity index (χ2n) is 5.24. The molecule has 1 aliphatic heterocycles. The van der Waals surface area contributed by atoms with Crippen molar-refractivity contribution in [2.45, 2.75) is 25.4 Å². The number of methoxy groups -OCH3 is 1. The lowest BCUT2D eigenvalue weighted by atomic mass is 9.79. The monoisotopic (exact) mass is 348 g/mol. The predicted molar refractivity (Wildman–Crippen MR) is 87.0 cm³/mol. The van der Waals surface area contributed by atoms with E-state index in [1.54, 1.807) is 38.1 Å². The molecule has 0 amide bonds. The summed E-state index contributed by atoms with van der Waals surface area (Å²) in [6.45, 7) is 3.33. The summed E-state index contributed by atoms with van der Waals surface area (Å²) in [5.41, 5.74) is -1.42. The maximum absolute atomic E-state index is 12.6. The summed E-state index contributed by atoms with van der Waals surface area (Å²) in [5.74, 6) is -2.18. The fourth-order valence-electron chi connectivity index (χ4n) is 2.74. The molecular weight excluding hydrogens is 328 g/mol. The van der Waals surface area contributed by atoms with Crippen molar-refractivity contribution in [1.29, 1.82) is 0 Å². The number of aldehydes is 1. The smallest absolute Gasteiger partial charge is 0.363 e. The van der Waals surface area contributed by atoms with Crippen molar-refractivity contribution in [1.82, 2.24) is 0 Å². The standard InChI is InChI=1S/C18H20O7/c1-4-23-16(20)18(17(21)24-5-2)15(13(10-19)11-25-18)12-6-8-14(22-3)9-7-12/h6-11,15H,4-5H2,1-3H3. The lowest BCUT2D eigenvalue weighted by Crippen LogP contribution is -2.53. The molecule has 0 aromatic heterocycles.